The summed E-state index contributed by atoms with van der Waals surface area (Å²) in [6, 6.07) is 15.4. The molecule has 1 aliphatic heterocycles. The molecule has 35 heavy (non-hydrogen) atoms. The van der Waals surface area contributed by atoms with E-state index >= 15 is 0 Å². The molecule has 7 heteroatoms. The van der Waals surface area contributed by atoms with Crippen molar-refractivity contribution in [2.45, 2.75) is 38.6 Å². The molecule has 0 aliphatic carbocycles. The maximum absolute atomic E-state index is 13.1. The Morgan fingerprint density at radius 2 is 1.60 bits per heavy atom. The fourth-order valence-electron chi connectivity index (χ4n) is 4.98. The van der Waals surface area contributed by atoms with E-state index in [1.165, 1.54) is 0 Å². The van der Waals surface area contributed by atoms with Crippen molar-refractivity contribution in [3.05, 3.63) is 72.1 Å². The highest BCUT2D eigenvalue weighted by Crippen LogP contribution is 2.23. The molecule has 0 bridgehead atoms. The Morgan fingerprint density at radius 3 is 2.40 bits per heavy atom. The third-order valence-corrected chi connectivity index (χ3v) is 6.86. The summed E-state index contributed by atoms with van der Waals surface area (Å²) in [6.45, 7) is 2.08. The van der Waals surface area contributed by atoms with E-state index in [1.54, 1.807) is 10.8 Å². The molecule has 2 amide bonds. The first kappa shape index (κ1) is 22.9. The molecule has 7 nitrogen and oxygen atoms in total. The van der Waals surface area contributed by atoms with E-state index in [0.717, 1.165) is 60.8 Å². The Hall–Kier alpha value is -3.87. The van der Waals surface area contributed by atoms with E-state index < -0.39 is 11.7 Å². The van der Waals surface area contributed by atoms with E-state index in [9.17, 15) is 14.4 Å². The van der Waals surface area contributed by atoms with Gasteiger partial charge in [0.25, 0.3) is 11.7 Å². The maximum Gasteiger partial charge on any atom is 0.292 e. The van der Waals surface area contributed by atoms with Crippen LogP contribution in [0, 0.1) is 0 Å². The van der Waals surface area contributed by atoms with Crippen molar-refractivity contribution in [1.29, 1.82) is 0 Å². The Balaban J connectivity index is 1.28. The van der Waals surface area contributed by atoms with Gasteiger partial charge in [-0.3, -0.25) is 14.4 Å². The predicted octanol–water partition coefficient (Wildman–Crippen LogP) is 4.07. The molecule has 5 rings (SSSR count). The van der Waals surface area contributed by atoms with Crippen LogP contribution in [-0.2, 0) is 22.6 Å². The second kappa shape index (κ2) is 10.2. The molecule has 2 N–H and O–H groups in total. The number of hydrogen-bond acceptors (Lipinski definition) is 3. The second-order valence-corrected chi connectivity index (χ2v) is 9.18. The zero-order valence-electron chi connectivity index (χ0n) is 19.8. The first-order valence-corrected chi connectivity index (χ1v) is 12.3. The molecular formula is C28H30N4O3. The molecule has 0 unspecified atom stereocenters. The van der Waals surface area contributed by atoms with Gasteiger partial charge in [-0.2, -0.15) is 0 Å². The first-order chi connectivity index (χ1) is 17.1. The minimum atomic E-state index is -0.633. The number of aromatic nitrogens is 2. The monoisotopic (exact) mass is 470 g/mol. The number of ketones is 1. The van der Waals surface area contributed by atoms with E-state index in [1.807, 2.05) is 59.6 Å². The maximum atomic E-state index is 13.1. The van der Waals surface area contributed by atoms with Gasteiger partial charge in [-0.05, 0) is 37.0 Å². The predicted molar refractivity (Wildman–Crippen MR) is 136 cm³/mol. The van der Waals surface area contributed by atoms with Gasteiger partial charge in [0.2, 0.25) is 5.91 Å². The molecular weight excluding hydrogens is 440 g/mol. The van der Waals surface area contributed by atoms with Crippen LogP contribution in [0.25, 0.3) is 21.8 Å². The third-order valence-electron chi connectivity index (χ3n) is 6.86. The van der Waals surface area contributed by atoms with Crippen molar-refractivity contribution >= 4 is 39.4 Å². The number of hydrogen-bond donors (Lipinski definition) is 2. The van der Waals surface area contributed by atoms with E-state index in [-0.39, 0.29) is 12.5 Å². The first-order valence-electron chi connectivity index (χ1n) is 12.3. The second-order valence-electron chi connectivity index (χ2n) is 9.18. The molecule has 0 saturated carbocycles. The topological polar surface area (TPSA) is 87.2 Å². The standard InChI is InChI=1S/C28H30N4O3/c33-26(31-15-7-1-2-8-16-31)19-32-18-23(22-10-4-6-12-25(22)32)27(34)28(35)29-14-13-20-17-30-24-11-5-3-9-21(20)24/h3-6,9-12,17-18,30H,1-2,7-8,13-16,19H2,(H,29,35). The van der Waals surface area contributed by atoms with Crippen molar-refractivity contribution in [3.63, 3.8) is 0 Å². The molecule has 4 aromatic rings. The van der Waals surface area contributed by atoms with Gasteiger partial charge in [0.1, 0.15) is 6.54 Å². The number of nitrogens with one attached hydrogen (secondary N) is 2. The van der Waals surface area contributed by atoms with Crippen LogP contribution in [0.1, 0.15) is 41.6 Å². The van der Waals surface area contributed by atoms with Gasteiger partial charge in [0, 0.05) is 53.8 Å². The van der Waals surface area contributed by atoms with Crippen LogP contribution >= 0.6 is 0 Å². The number of likely N-dealkylation sites (tertiary alicyclic amines) is 1. The largest absolute Gasteiger partial charge is 0.361 e. The summed E-state index contributed by atoms with van der Waals surface area (Å²) >= 11 is 0. The van der Waals surface area contributed by atoms with Crippen LogP contribution in [-0.4, -0.2) is 51.7 Å². The van der Waals surface area contributed by atoms with Crippen molar-refractivity contribution in [2.24, 2.45) is 0 Å². The normalized spacial score (nSPS) is 14.2. The number of amides is 2. The van der Waals surface area contributed by atoms with Crippen LogP contribution < -0.4 is 5.32 Å². The van der Waals surface area contributed by atoms with Gasteiger partial charge in [-0.15, -0.1) is 0 Å². The lowest BCUT2D eigenvalue weighted by molar-refractivity contribution is -0.131. The highest BCUT2D eigenvalue weighted by atomic mass is 16.2. The van der Waals surface area contributed by atoms with Gasteiger partial charge in [-0.25, -0.2) is 0 Å². The highest BCUT2D eigenvalue weighted by Gasteiger charge is 2.23. The lowest BCUT2D eigenvalue weighted by Crippen LogP contribution is -2.34. The number of nitrogens with zero attached hydrogens (tertiary/aromatic N) is 2. The molecule has 0 spiro atoms. The van der Waals surface area contributed by atoms with Gasteiger partial charge in [0.05, 0.1) is 5.56 Å². The van der Waals surface area contributed by atoms with E-state index in [0.29, 0.717) is 23.9 Å². The SMILES string of the molecule is O=C(NCCc1c[nH]c2ccccc12)C(=O)c1cn(CC(=O)N2CCCCCC2)c2ccccc12. The summed E-state index contributed by atoms with van der Waals surface area (Å²) in [6.07, 6.45) is 8.58. The average molecular weight is 471 g/mol. The molecule has 2 aromatic heterocycles. The summed E-state index contributed by atoms with van der Waals surface area (Å²) in [5, 5.41) is 4.57. The number of aromatic amines is 1. The number of carbonyl (C=O) groups is 3. The fraction of sp³-hybridized carbons (Fsp3) is 0.321. The van der Waals surface area contributed by atoms with Gasteiger partial charge in [-0.1, -0.05) is 49.2 Å². The summed E-state index contributed by atoms with van der Waals surface area (Å²) in [7, 11) is 0. The molecule has 1 aliphatic rings. The lowest BCUT2D eigenvalue weighted by Gasteiger charge is -2.20. The van der Waals surface area contributed by atoms with Crippen LogP contribution in [0.15, 0.2) is 60.9 Å². The zero-order chi connectivity index (χ0) is 24.2. The number of fused-ring (bicyclic) bond motifs is 2. The Morgan fingerprint density at radius 1 is 0.886 bits per heavy atom. The summed E-state index contributed by atoms with van der Waals surface area (Å²) < 4.78 is 1.80. The molecule has 1 saturated heterocycles. The highest BCUT2D eigenvalue weighted by molar-refractivity contribution is 6.45. The van der Waals surface area contributed by atoms with Crippen molar-refractivity contribution in [1.82, 2.24) is 19.8 Å². The van der Waals surface area contributed by atoms with Crippen LogP contribution in [0.4, 0.5) is 0 Å². The minimum absolute atomic E-state index is 0.0508. The Bertz CT molecular complexity index is 1380. The minimum Gasteiger partial charge on any atom is -0.361 e. The van der Waals surface area contributed by atoms with Crippen molar-refractivity contribution < 1.29 is 14.4 Å². The number of benzene rings is 2. The van der Waals surface area contributed by atoms with Crippen molar-refractivity contribution in [2.75, 3.05) is 19.6 Å². The summed E-state index contributed by atoms with van der Waals surface area (Å²) in [4.78, 5) is 43.9. The van der Waals surface area contributed by atoms with E-state index in [2.05, 4.69) is 10.3 Å². The van der Waals surface area contributed by atoms with Crippen LogP contribution in [0.3, 0.4) is 0 Å². The molecule has 3 heterocycles. The molecule has 0 radical (unpaired) electrons. The smallest absolute Gasteiger partial charge is 0.292 e. The van der Waals surface area contributed by atoms with Crippen LogP contribution in [0.5, 0.6) is 0 Å². The average Bonchev–Trinajstić information content (AvgIpc) is 3.33. The zero-order valence-corrected chi connectivity index (χ0v) is 19.8. The Kier molecular flexibility index (Phi) is 6.66. The lowest BCUT2D eigenvalue weighted by atomic mass is 10.1. The number of para-hydroxylation sites is 2. The Labute approximate surface area is 204 Å². The van der Waals surface area contributed by atoms with Gasteiger partial charge < -0.3 is 19.8 Å². The summed E-state index contributed by atoms with van der Waals surface area (Å²) in [5.41, 5.74) is 3.25. The molecule has 2 aromatic carbocycles. The number of rotatable bonds is 7. The van der Waals surface area contributed by atoms with Gasteiger partial charge >= 0.3 is 0 Å². The van der Waals surface area contributed by atoms with Crippen LogP contribution in [0.2, 0.25) is 0 Å². The van der Waals surface area contributed by atoms with Gasteiger partial charge in [0.15, 0.2) is 0 Å². The number of Topliss-reactive ketones (excluding diaryl/α,β-unsaturated/α-hetero) is 1. The molecule has 180 valence electrons. The summed E-state index contributed by atoms with van der Waals surface area (Å²) in [5.74, 6) is -1.16. The number of carbonyl (C=O) groups excluding carboxylic acids is 3. The fourth-order valence-corrected chi connectivity index (χ4v) is 4.98. The quantitative estimate of drug-likeness (QED) is 0.315. The van der Waals surface area contributed by atoms with E-state index in [4.69, 9.17) is 0 Å². The molecule has 1 fully saturated rings. The number of H-pyrrole nitrogens is 1. The van der Waals surface area contributed by atoms with Crippen molar-refractivity contribution in [3.8, 4) is 0 Å². The molecule has 0 atom stereocenters. The third kappa shape index (κ3) is 4.85.